The molecular weight excluding hydrogens is 449 g/mol. The fraction of sp³-hybridized carbons (Fsp3) is 0.667. The van der Waals surface area contributed by atoms with Gasteiger partial charge in [-0.25, -0.2) is 4.79 Å². The molecule has 2 aliphatic rings. The molecule has 3 rings (SSSR count). The average molecular weight is 471 g/mol. The number of ether oxygens (including phenoxy) is 6. The number of halogens is 3. The van der Waals surface area contributed by atoms with Crippen molar-refractivity contribution < 1.29 is 33.2 Å². The lowest BCUT2D eigenvalue weighted by atomic mass is 10.1. The average Bonchev–Trinajstić information content (AvgIpc) is 3.13. The summed E-state index contributed by atoms with van der Waals surface area (Å²) in [6, 6.07) is 1.38. The molecule has 0 unspecified atom stereocenters. The lowest BCUT2D eigenvalue weighted by Gasteiger charge is -2.23. The first-order valence-electron chi connectivity index (χ1n) is 8.93. The van der Waals surface area contributed by atoms with Gasteiger partial charge in [0, 0.05) is 0 Å². The van der Waals surface area contributed by atoms with E-state index < -0.39 is 36.4 Å². The molecule has 3 atom stereocenters. The largest absolute Gasteiger partial charge is 0.465 e. The van der Waals surface area contributed by atoms with Crippen molar-refractivity contribution >= 4 is 40.8 Å². The van der Waals surface area contributed by atoms with Crippen LogP contribution in [-0.2, 0) is 28.5 Å². The highest BCUT2D eigenvalue weighted by atomic mass is 35.5. The fourth-order valence-electron chi connectivity index (χ4n) is 3.06. The van der Waals surface area contributed by atoms with Gasteiger partial charge in [0.1, 0.15) is 29.9 Å². The van der Waals surface area contributed by atoms with E-state index in [1.54, 1.807) is 13.8 Å². The van der Waals surface area contributed by atoms with Gasteiger partial charge in [0.2, 0.25) is 5.88 Å². The smallest absolute Gasteiger partial charge is 0.344 e. The van der Waals surface area contributed by atoms with E-state index in [1.165, 1.54) is 6.07 Å². The minimum absolute atomic E-state index is 0.0164. The summed E-state index contributed by atoms with van der Waals surface area (Å²) in [5.41, 5.74) is 0. The lowest BCUT2D eigenvalue weighted by molar-refractivity contribution is -0.175. The van der Waals surface area contributed by atoms with Crippen molar-refractivity contribution in [3.05, 3.63) is 21.3 Å². The Morgan fingerprint density at radius 1 is 1.14 bits per heavy atom. The molecule has 0 aromatic carbocycles. The molecule has 1 aromatic rings. The van der Waals surface area contributed by atoms with Crippen molar-refractivity contribution in [2.24, 2.45) is 0 Å². The third kappa shape index (κ3) is 5.85. The van der Waals surface area contributed by atoms with Crippen molar-refractivity contribution in [3.63, 3.8) is 0 Å². The number of rotatable bonds is 6. The van der Waals surface area contributed by atoms with Gasteiger partial charge in [0.25, 0.3) is 0 Å². The number of hydrogen-bond donors (Lipinski definition) is 0. The van der Waals surface area contributed by atoms with Crippen molar-refractivity contribution in [2.75, 3.05) is 19.8 Å². The third-order valence-electron chi connectivity index (χ3n) is 4.21. The maximum absolute atomic E-state index is 12.1. The third-order valence-corrected chi connectivity index (χ3v) is 5.15. The first kappa shape index (κ1) is 22.8. The minimum Gasteiger partial charge on any atom is -0.465 e. The van der Waals surface area contributed by atoms with Crippen LogP contribution in [0.4, 0.5) is 0 Å². The predicted octanol–water partition coefficient (Wildman–Crippen LogP) is 3.64. The van der Waals surface area contributed by atoms with E-state index in [4.69, 9.17) is 63.2 Å². The van der Waals surface area contributed by atoms with Crippen molar-refractivity contribution in [1.29, 1.82) is 0 Å². The summed E-state index contributed by atoms with van der Waals surface area (Å²) >= 11 is 17.6. The van der Waals surface area contributed by atoms with Crippen LogP contribution in [0.15, 0.2) is 6.07 Å². The number of carbonyl (C=O) groups is 1. The van der Waals surface area contributed by atoms with Crippen LogP contribution in [0.5, 0.6) is 5.88 Å². The fourth-order valence-corrected chi connectivity index (χ4v) is 3.60. The number of carbonyl (C=O) groups excluding carboxylic acids is 1. The minimum atomic E-state index is -0.841. The second-order valence-corrected chi connectivity index (χ2v) is 8.70. The van der Waals surface area contributed by atoms with Crippen LogP contribution in [0.3, 0.4) is 0 Å². The van der Waals surface area contributed by atoms with E-state index in [2.05, 4.69) is 4.98 Å². The zero-order valence-corrected chi connectivity index (χ0v) is 18.6. The molecule has 0 spiro atoms. The highest BCUT2D eigenvalue weighted by molar-refractivity contribution is 6.42. The first-order valence-corrected chi connectivity index (χ1v) is 10.1. The zero-order chi connectivity index (χ0) is 21.4. The molecule has 29 heavy (non-hydrogen) atoms. The standard InChI is InChI=1S/C18H22Cl3NO7/c1-17(2)26-7-12(27-17)14-11(28-18(3,4)29-14)6-24-13(23)8-25-16-10(20)5-9(19)15(21)22-16/h5,11-12,14H,6-8H2,1-4H3/t11-,12+,14+/m0/s1. The molecule has 162 valence electrons. The van der Waals surface area contributed by atoms with Crippen LogP contribution >= 0.6 is 34.8 Å². The quantitative estimate of drug-likeness (QED) is 0.460. The number of esters is 1. The van der Waals surface area contributed by atoms with E-state index in [-0.39, 0.29) is 33.8 Å². The Morgan fingerprint density at radius 2 is 1.86 bits per heavy atom. The van der Waals surface area contributed by atoms with E-state index >= 15 is 0 Å². The topological polar surface area (TPSA) is 85.3 Å². The number of nitrogens with zero attached hydrogens (tertiary/aromatic N) is 1. The molecule has 0 bridgehead atoms. The second-order valence-electron chi connectivity index (χ2n) is 7.53. The molecular formula is C18H22Cl3NO7. The number of pyridine rings is 1. The molecule has 0 N–H and O–H groups in total. The van der Waals surface area contributed by atoms with Crippen LogP contribution < -0.4 is 4.74 Å². The first-order chi connectivity index (χ1) is 13.5. The summed E-state index contributed by atoms with van der Waals surface area (Å²) in [5.74, 6) is -2.20. The van der Waals surface area contributed by atoms with Crippen LogP contribution in [-0.4, -0.2) is 60.7 Å². The molecule has 11 heteroatoms. The maximum atomic E-state index is 12.1. The van der Waals surface area contributed by atoms with Crippen molar-refractivity contribution in [2.45, 2.75) is 57.6 Å². The van der Waals surface area contributed by atoms with E-state index in [0.29, 0.717) is 6.61 Å². The van der Waals surface area contributed by atoms with Crippen LogP contribution in [0.2, 0.25) is 15.2 Å². The Morgan fingerprint density at radius 3 is 2.52 bits per heavy atom. The van der Waals surface area contributed by atoms with Gasteiger partial charge in [0.05, 0.1) is 11.6 Å². The molecule has 0 aliphatic carbocycles. The molecule has 8 nitrogen and oxygen atoms in total. The van der Waals surface area contributed by atoms with Crippen LogP contribution in [0.25, 0.3) is 0 Å². The van der Waals surface area contributed by atoms with Crippen LogP contribution in [0, 0.1) is 0 Å². The molecule has 1 aromatic heterocycles. The van der Waals surface area contributed by atoms with E-state index in [0.717, 1.165) is 0 Å². The lowest BCUT2D eigenvalue weighted by Crippen LogP contribution is -2.40. The molecule has 0 saturated carbocycles. The van der Waals surface area contributed by atoms with Gasteiger partial charge in [0.15, 0.2) is 23.3 Å². The molecule has 0 radical (unpaired) electrons. The summed E-state index contributed by atoms with van der Waals surface area (Å²) in [4.78, 5) is 16.0. The molecule has 3 heterocycles. The van der Waals surface area contributed by atoms with Gasteiger partial charge in [-0.1, -0.05) is 34.8 Å². The normalized spacial score (nSPS) is 27.8. The number of aromatic nitrogens is 1. The van der Waals surface area contributed by atoms with E-state index in [9.17, 15) is 4.79 Å². The van der Waals surface area contributed by atoms with Gasteiger partial charge in [-0.2, -0.15) is 4.98 Å². The highest BCUT2D eigenvalue weighted by Gasteiger charge is 2.50. The molecule has 0 amide bonds. The van der Waals surface area contributed by atoms with Gasteiger partial charge in [-0.15, -0.1) is 0 Å². The van der Waals surface area contributed by atoms with E-state index in [1.807, 2.05) is 13.8 Å². The zero-order valence-electron chi connectivity index (χ0n) is 16.4. The molecule has 2 saturated heterocycles. The summed E-state index contributed by atoms with van der Waals surface area (Å²) in [7, 11) is 0. The number of hydrogen-bond acceptors (Lipinski definition) is 8. The summed E-state index contributed by atoms with van der Waals surface area (Å²) in [6.45, 7) is 7.10. The summed E-state index contributed by atoms with van der Waals surface area (Å²) in [6.07, 6.45) is -1.32. The Bertz CT molecular complexity index is 774. The monoisotopic (exact) mass is 469 g/mol. The van der Waals surface area contributed by atoms with Gasteiger partial charge >= 0.3 is 5.97 Å². The van der Waals surface area contributed by atoms with Gasteiger partial charge < -0.3 is 28.4 Å². The molecule has 2 fully saturated rings. The predicted molar refractivity (Wildman–Crippen MR) is 104 cm³/mol. The maximum Gasteiger partial charge on any atom is 0.344 e. The highest BCUT2D eigenvalue weighted by Crippen LogP contribution is 2.35. The molecule has 2 aliphatic heterocycles. The second kappa shape index (κ2) is 8.70. The Kier molecular flexibility index (Phi) is 6.85. The summed E-state index contributed by atoms with van der Waals surface area (Å²) in [5, 5.41) is 0.324. The van der Waals surface area contributed by atoms with Gasteiger partial charge in [-0.3, -0.25) is 0 Å². The Hall–Kier alpha value is -0.870. The Labute approximate surface area is 183 Å². The van der Waals surface area contributed by atoms with Crippen molar-refractivity contribution in [3.8, 4) is 5.88 Å². The van der Waals surface area contributed by atoms with Crippen molar-refractivity contribution in [1.82, 2.24) is 4.98 Å². The van der Waals surface area contributed by atoms with Crippen LogP contribution in [0.1, 0.15) is 27.7 Å². The summed E-state index contributed by atoms with van der Waals surface area (Å²) < 4.78 is 33.8. The Balaban J connectivity index is 1.54. The SMILES string of the molecule is CC1(C)O[C@@H]([C@H]2COC(C)(C)O2)[C@H](COC(=O)COc2nc(Cl)c(Cl)cc2Cl)O1. The van der Waals surface area contributed by atoms with Gasteiger partial charge in [-0.05, 0) is 33.8 Å².